The quantitative estimate of drug-likeness (QED) is 0.326. The van der Waals surface area contributed by atoms with Crippen LogP contribution >= 0.6 is 11.3 Å². The number of methoxy groups -OCH3 is 1. The molecule has 1 aromatic rings. The summed E-state index contributed by atoms with van der Waals surface area (Å²) in [5.41, 5.74) is 0.265. The van der Waals surface area contributed by atoms with E-state index < -0.39 is 17.0 Å². The third-order valence-corrected chi connectivity index (χ3v) is 3.03. The number of carbonyl (C=O) groups is 1. The molecule has 0 fully saturated rings. The summed E-state index contributed by atoms with van der Waals surface area (Å²) >= 11 is -1.28. The van der Waals surface area contributed by atoms with Gasteiger partial charge < -0.3 is 9.29 Å². The first-order chi connectivity index (χ1) is 5.65. The fraction of sp³-hybridized carbons (Fsp3) is 0.167. The first-order valence-corrected chi connectivity index (χ1v) is 4.86. The van der Waals surface area contributed by atoms with E-state index in [9.17, 15) is 13.6 Å². The molecular formula is C6H5NaO4S2. The Morgan fingerprint density at radius 2 is 2.31 bits per heavy atom. The number of thiophene rings is 1. The van der Waals surface area contributed by atoms with Crippen LogP contribution in [0.1, 0.15) is 10.4 Å². The average Bonchev–Trinajstić information content (AvgIpc) is 2.51. The zero-order valence-electron chi connectivity index (χ0n) is 7.10. The van der Waals surface area contributed by atoms with Gasteiger partial charge in [-0.2, -0.15) is 0 Å². The molecular weight excluding hydrogens is 223 g/mol. The minimum Gasteiger partial charge on any atom is -0.768 e. The average molecular weight is 228 g/mol. The molecule has 0 N–H and O–H groups in total. The molecule has 0 aliphatic heterocycles. The van der Waals surface area contributed by atoms with Gasteiger partial charge in [-0.3, -0.25) is 4.21 Å². The molecule has 1 unspecified atom stereocenters. The third-order valence-electron chi connectivity index (χ3n) is 1.16. The van der Waals surface area contributed by atoms with Gasteiger partial charge in [-0.15, -0.1) is 11.3 Å². The summed E-state index contributed by atoms with van der Waals surface area (Å²) in [6, 6.07) is 1.28. The Morgan fingerprint density at radius 3 is 2.69 bits per heavy atom. The van der Waals surface area contributed by atoms with Crippen LogP contribution in [0.15, 0.2) is 15.7 Å². The first-order valence-electron chi connectivity index (χ1n) is 2.91. The zero-order chi connectivity index (χ0) is 9.14. The van der Waals surface area contributed by atoms with Crippen LogP contribution < -0.4 is 29.6 Å². The maximum Gasteiger partial charge on any atom is 1.00 e. The number of carbonyl (C=O) groups excluding carboxylic acids is 1. The van der Waals surface area contributed by atoms with Crippen molar-refractivity contribution in [3.8, 4) is 0 Å². The Labute approximate surface area is 104 Å². The molecule has 66 valence electrons. The van der Waals surface area contributed by atoms with Crippen molar-refractivity contribution in [1.29, 1.82) is 0 Å². The molecule has 4 nitrogen and oxygen atoms in total. The van der Waals surface area contributed by atoms with Crippen LogP contribution in [0.3, 0.4) is 0 Å². The van der Waals surface area contributed by atoms with Crippen molar-refractivity contribution in [2.24, 2.45) is 0 Å². The Hall–Kier alpha value is 0.280. The Kier molecular flexibility index (Phi) is 6.02. The van der Waals surface area contributed by atoms with Gasteiger partial charge in [-0.05, 0) is 17.1 Å². The van der Waals surface area contributed by atoms with Crippen molar-refractivity contribution in [3.05, 3.63) is 17.0 Å². The number of hydrogen-bond acceptors (Lipinski definition) is 5. The smallest absolute Gasteiger partial charge is 0.768 e. The SMILES string of the molecule is COC(=O)c1csc(S(=O)[O-])c1.[Na+]. The summed E-state index contributed by atoms with van der Waals surface area (Å²) in [6.07, 6.45) is 0. The van der Waals surface area contributed by atoms with E-state index in [2.05, 4.69) is 4.74 Å². The van der Waals surface area contributed by atoms with Crippen molar-refractivity contribution in [2.45, 2.75) is 4.21 Å². The van der Waals surface area contributed by atoms with Crippen molar-refractivity contribution < 1.29 is 47.9 Å². The topological polar surface area (TPSA) is 66.4 Å². The number of esters is 1. The minimum atomic E-state index is -2.27. The molecule has 1 heterocycles. The van der Waals surface area contributed by atoms with Gasteiger partial charge >= 0.3 is 35.5 Å². The summed E-state index contributed by atoms with van der Waals surface area (Å²) in [4.78, 5) is 10.8. The van der Waals surface area contributed by atoms with Gasteiger partial charge in [0.2, 0.25) is 0 Å². The standard InChI is InChI=1S/C6H6O4S2.Na/c1-10-6(7)4-2-5(11-3-4)12(8)9;/h2-3H,1H3,(H,8,9);/q;+1/p-1. The first kappa shape index (κ1) is 13.3. The third kappa shape index (κ3) is 3.49. The molecule has 0 aliphatic carbocycles. The van der Waals surface area contributed by atoms with Gasteiger partial charge in [-0.25, -0.2) is 4.79 Å². The summed E-state index contributed by atoms with van der Waals surface area (Å²) < 4.78 is 25.3. The molecule has 1 aromatic heterocycles. The number of hydrogen-bond donors (Lipinski definition) is 0. The van der Waals surface area contributed by atoms with E-state index in [0.29, 0.717) is 0 Å². The molecule has 0 saturated carbocycles. The van der Waals surface area contributed by atoms with E-state index in [4.69, 9.17) is 0 Å². The molecule has 0 spiro atoms. The molecule has 1 rings (SSSR count). The maximum atomic E-state index is 10.8. The summed E-state index contributed by atoms with van der Waals surface area (Å²) in [7, 11) is 1.24. The normalized spacial score (nSPS) is 11.5. The molecule has 0 radical (unpaired) electrons. The zero-order valence-corrected chi connectivity index (χ0v) is 10.7. The van der Waals surface area contributed by atoms with E-state index >= 15 is 0 Å². The summed E-state index contributed by atoms with van der Waals surface area (Å²) in [6.45, 7) is 0. The summed E-state index contributed by atoms with van der Waals surface area (Å²) in [5, 5.41) is 1.44. The maximum absolute atomic E-state index is 10.8. The molecule has 0 saturated heterocycles. The van der Waals surface area contributed by atoms with E-state index in [-0.39, 0.29) is 39.3 Å². The molecule has 0 bridgehead atoms. The van der Waals surface area contributed by atoms with Gasteiger partial charge in [0, 0.05) is 5.38 Å². The second-order valence-corrected chi connectivity index (χ2v) is 3.96. The number of rotatable bonds is 2. The van der Waals surface area contributed by atoms with Crippen LogP contribution in [-0.4, -0.2) is 21.8 Å². The predicted molar refractivity (Wildman–Crippen MR) is 42.8 cm³/mol. The van der Waals surface area contributed by atoms with Crippen molar-refractivity contribution in [1.82, 2.24) is 0 Å². The van der Waals surface area contributed by atoms with Crippen LogP contribution in [0.25, 0.3) is 0 Å². The molecule has 0 aromatic carbocycles. The predicted octanol–water partition coefficient (Wildman–Crippen LogP) is -2.22. The van der Waals surface area contributed by atoms with E-state index in [1.54, 1.807) is 0 Å². The van der Waals surface area contributed by atoms with Crippen LogP contribution in [0.2, 0.25) is 0 Å². The molecule has 7 heteroatoms. The van der Waals surface area contributed by atoms with E-state index in [0.717, 1.165) is 11.3 Å². The largest absolute Gasteiger partial charge is 1.00 e. The Balaban J connectivity index is 0.00000144. The van der Waals surface area contributed by atoms with Gasteiger partial charge in [0.1, 0.15) is 0 Å². The summed E-state index contributed by atoms with van der Waals surface area (Å²) in [5.74, 6) is -0.525. The minimum absolute atomic E-state index is 0. The van der Waals surface area contributed by atoms with Gasteiger partial charge in [-0.1, -0.05) is 0 Å². The van der Waals surface area contributed by atoms with E-state index in [1.165, 1.54) is 18.6 Å². The Morgan fingerprint density at radius 1 is 1.69 bits per heavy atom. The second kappa shape index (κ2) is 5.90. The molecule has 0 aliphatic rings. The van der Waals surface area contributed by atoms with Crippen molar-refractivity contribution in [2.75, 3.05) is 7.11 Å². The Bertz CT molecular complexity index is 322. The van der Waals surface area contributed by atoms with Crippen molar-refractivity contribution in [3.63, 3.8) is 0 Å². The molecule has 0 amide bonds. The van der Waals surface area contributed by atoms with Gasteiger partial charge in [0.05, 0.1) is 16.9 Å². The van der Waals surface area contributed by atoms with Crippen LogP contribution in [-0.2, 0) is 15.8 Å². The fourth-order valence-electron chi connectivity index (χ4n) is 0.629. The molecule has 1 atom stereocenters. The van der Waals surface area contributed by atoms with Crippen LogP contribution in [0.4, 0.5) is 0 Å². The molecule has 13 heavy (non-hydrogen) atoms. The van der Waals surface area contributed by atoms with Gasteiger partial charge in [0.25, 0.3) is 0 Å². The van der Waals surface area contributed by atoms with Crippen LogP contribution in [0.5, 0.6) is 0 Å². The monoisotopic (exact) mass is 228 g/mol. The second-order valence-electron chi connectivity index (χ2n) is 1.88. The van der Waals surface area contributed by atoms with E-state index in [1.807, 2.05) is 0 Å². The number of ether oxygens (including phenoxy) is 1. The fourth-order valence-corrected chi connectivity index (χ4v) is 1.91. The van der Waals surface area contributed by atoms with Crippen molar-refractivity contribution >= 4 is 28.4 Å². The van der Waals surface area contributed by atoms with Gasteiger partial charge in [0.15, 0.2) is 0 Å². The van der Waals surface area contributed by atoms with Crippen LogP contribution in [0, 0.1) is 0 Å².